The molecule has 2 N–H and O–H groups in total. The van der Waals surface area contributed by atoms with Gasteiger partial charge in [0.1, 0.15) is 4.99 Å². The van der Waals surface area contributed by atoms with Gasteiger partial charge in [-0.05, 0) is 36.8 Å². The Labute approximate surface area is 114 Å². The first-order valence-electron chi connectivity index (χ1n) is 6.61. The van der Waals surface area contributed by atoms with E-state index in [2.05, 4.69) is 23.7 Å². The van der Waals surface area contributed by atoms with Gasteiger partial charge in [0.25, 0.3) is 0 Å². The number of hydrogen-bond acceptors (Lipinski definition) is 3. The zero-order chi connectivity index (χ0) is 13.2. The van der Waals surface area contributed by atoms with Gasteiger partial charge in [0, 0.05) is 25.0 Å². The van der Waals surface area contributed by atoms with Gasteiger partial charge in [0.2, 0.25) is 0 Å². The van der Waals surface area contributed by atoms with Crippen molar-refractivity contribution in [3.63, 3.8) is 0 Å². The molecule has 1 saturated heterocycles. The first-order chi connectivity index (χ1) is 8.60. The van der Waals surface area contributed by atoms with Crippen molar-refractivity contribution in [1.29, 1.82) is 0 Å². The summed E-state index contributed by atoms with van der Waals surface area (Å²) in [5, 5.41) is 0. The number of pyridine rings is 1. The van der Waals surface area contributed by atoms with Crippen molar-refractivity contribution in [3.8, 4) is 0 Å². The molecule has 0 bridgehead atoms. The van der Waals surface area contributed by atoms with Gasteiger partial charge in [0.15, 0.2) is 0 Å². The molecular weight excluding hydrogens is 242 g/mol. The Kier molecular flexibility index (Phi) is 3.85. The van der Waals surface area contributed by atoms with Crippen LogP contribution in [-0.2, 0) is 0 Å². The molecule has 0 amide bonds. The molecule has 1 fully saturated rings. The van der Waals surface area contributed by atoms with Gasteiger partial charge in [-0.1, -0.05) is 26.1 Å². The molecule has 0 aliphatic carbocycles. The van der Waals surface area contributed by atoms with E-state index in [0.29, 0.717) is 16.1 Å². The number of nitrogens with zero attached hydrogens (tertiary/aromatic N) is 2. The third-order valence-electron chi connectivity index (χ3n) is 4.30. The van der Waals surface area contributed by atoms with E-state index in [1.54, 1.807) is 6.20 Å². The SMILES string of the molecule is CCC1(CC)CCN(c2ccnc(C(N)=S)c2)C1. The summed E-state index contributed by atoms with van der Waals surface area (Å²) in [6.45, 7) is 6.82. The summed E-state index contributed by atoms with van der Waals surface area (Å²) >= 11 is 4.98. The third kappa shape index (κ3) is 2.48. The van der Waals surface area contributed by atoms with Crippen molar-refractivity contribution in [1.82, 2.24) is 4.98 Å². The summed E-state index contributed by atoms with van der Waals surface area (Å²) in [4.78, 5) is 6.99. The lowest BCUT2D eigenvalue weighted by atomic mass is 9.82. The molecule has 4 heteroatoms. The highest BCUT2D eigenvalue weighted by Gasteiger charge is 2.34. The molecule has 1 aromatic heterocycles. The van der Waals surface area contributed by atoms with E-state index in [1.807, 2.05) is 12.1 Å². The molecule has 0 unspecified atom stereocenters. The number of rotatable bonds is 4. The molecule has 1 aliphatic heterocycles. The number of nitrogens with two attached hydrogens (primary N) is 1. The first kappa shape index (κ1) is 13.3. The lowest BCUT2D eigenvalue weighted by Gasteiger charge is -2.27. The predicted octanol–water partition coefficient (Wildman–Crippen LogP) is 2.73. The summed E-state index contributed by atoms with van der Waals surface area (Å²) in [5.74, 6) is 0. The smallest absolute Gasteiger partial charge is 0.122 e. The minimum absolute atomic E-state index is 0.369. The van der Waals surface area contributed by atoms with Crippen LogP contribution in [0, 0.1) is 5.41 Å². The van der Waals surface area contributed by atoms with Gasteiger partial charge in [-0.25, -0.2) is 0 Å². The predicted molar refractivity (Wildman–Crippen MR) is 80.0 cm³/mol. The van der Waals surface area contributed by atoms with Crippen molar-refractivity contribution < 1.29 is 0 Å². The van der Waals surface area contributed by atoms with Crippen molar-refractivity contribution in [2.24, 2.45) is 11.1 Å². The minimum Gasteiger partial charge on any atom is -0.388 e. The van der Waals surface area contributed by atoms with E-state index < -0.39 is 0 Å². The topological polar surface area (TPSA) is 42.2 Å². The van der Waals surface area contributed by atoms with E-state index in [0.717, 1.165) is 13.1 Å². The number of thiocarbonyl (C=S) groups is 1. The van der Waals surface area contributed by atoms with Crippen molar-refractivity contribution in [2.75, 3.05) is 18.0 Å². The van der Waals surface area contributed by atoms with Crippen LogP contribution < -0.4 is 10.6 Å². The van der Waals surface area contributed by atoms with E-state index in [4.69, 9.17) is 18.0 Å². The van der Waals surface area contributed by atoms with Crippen LogP contribution in [0.5, 0.6) is 0 Å². The summed E-state index contributed by atoms with van der Waals surface area (Å²) in [6.07, 6.45) is 5.55. The summed E-state index contributed by atoms with van der Waals surface area (Å²) in [6, 6.07) is 4.05. The summed E-state index contributed by atoms with van der Waals surface area (Å²) in [5.41, 5.74) is 8.02. The van der Waals surface area contributed by atoms with Gasteiger partial charge in [-0.2, -0.15) is 0 Å². The second kappa shape index (κ2) is 5.22. The molecule has 1 aromatic rings. The maximum absolute atomic E-state index is 5.64. The molecule has 3 nitrogen and oxygen atoms in total. The van der Waals surface area contributed by atoms with Crippen molar-refractivity contribution >= 4 is 22.9 Å². The zero-order valence-electron chi connectivity index (χ0n) is 11.1. The Bertz CT molecular complexity index is 440. The Morgan fingerprint density at radius 3 is 2.78 bits per heavy atom. The standard InChI is InChI=1S/C14H21N3S/c1-3-14(4-2)6-8-17(10-14)11-5-7-16-12(9-11)13(15)18/h5,7,9H,3-4,6,8,10H2,1-2H3,(H2,15,18). The van der Waals surface area contributed by atoms with Gasteiger partial charge >= 0.3 is 0 Å². The molecule has 0 aromatic carbocycles. The fourth-order valence-electron chi connectivity index (χ4n) is 2.73. The highest BCUT2D eigenvalue weighted by atomic mass is 32.1. The van der Waals surface area contributed by atoms with E-state index >= 15 is 0 Å². The van der Waals surface area contributed by atoms with Gasteiger partial charge in [-0.3, -0.25) is 4.98 Å². The Balaban J connectivity index is 2.19. The van der Waals surface area contributed by atoms with Crippen molar-refractivity contribution in [3.05, 3.63) is 24.0 Å². The lowest BCUT2D eigenvalue weighted by Crippen LogP contribution is -2.26. The number of aromatic nitrogens is 1. The van der Waals surface area contributed by atoms with Crippen LogP contribution in [0.15, 0.2) is 18.3 Å². The molecule has 98 valence electrons. The van der Waals surface area contributed by atoms with Crippen LogP contribution in [0.3, 0.4) is 0 Å². The van der Waals surface area contributed by atoms with Crippen molar-refractivity contribution in [2.45, 2.75) is 33.1 Å². The molecule has 18 heavy (non-hydrogen) atoms. The van der Waals surface area contributed by atoms with E-state index in [9.17, 15) is 0 Å². The minimum atomic E-state index is 0.369. The van der Waals surface area contributed by atoms with Crippen LogP contribution in [0.4, 0.5) is 5.69 Å². The second-order valence-electron chi connectivity index (χ2n) is 5.14. The van der Waals surface area contributed by atoms with Crippen LogP contribution >= 0.6 is 12.2 Å². The quantitative estimate of drug-likeness (QED) is 0.848. The Morgan fingerprint density at radius 2 is 2.22 bits per heavy atom. The van der Waals surface area contributed by atoms with E-state index in [-0.39, 0.29) is 0 Å². The Hall–Kier alpha value is -1.16. The molecule has 0 spiro atoms. The van der Waals surface area contributed by atoms with Gasteiger partial charge < -0.3 is 10.6 Å². The number of anilines is 1. The molecule has 0 saturated carbocycles. The van der Waals surface area contributed by atoms with Crippen LogP contribution in [-0.4, -0.2) is 23.1 Å². The molecule has 1 aliphatic rings. The first-order valence-corrected chi connectivity index (χ1v) is 7.02. The third-order valence-corrected chi connectivity index (χ3v) is 4.51. The number of hydrogen-bond donors (Lipinski definition) is 1. The molecule has 2 rings (SSSR count). The van der Waals surface area contributed by atoms with Crippen LogP contribution in [0.1, 0.15) is 38.8 Å². The van der Waals surface area contributed by atoms with Crippen LogP contribution in [0.2, 0.25) is 0 Å². The molecule has 2 heterocycles. The largest absolute Gasteiger partial charge is 0.388 e. The molecule has 0 radical (unpaired) electrons. The van der Waals surface area contributed by atoms with E-state index in [1.165, 1.54) is 24.9 Å². The zero-order valence-corrected chi connectivity index (χ0v) is 12.0. The average Bonchev–Trinajstić information content (AvgIpc) is 2.84. The highest BCUT2D eigenvalue weighted by Crippen LogP contribution is 2.38. The fourth-order valence-corrected chi connectivity index (χ4v) is 2.85. The lowest BCUT2D eigenvalue weighted by molar-refractivity contribution is 0.301. The van der Waals surface area contributed by atoms with Gasteiger partial charge in [-0.15, -0.1) is 0 Å². The Morgan fingerprint density at radius 1 is 1.50 bits per heavy atom. The monoisotopic (exact) mass is 263 g/mol. The van der Waals surface area contributed by atoms with Gasteiger partial charge in [0.05, 0.1) is 5.69 Å². The maximum atomic E-state index is 5.64. The highest BCUT2D eigenvalue weighted by molar-refractivity contribution is 7.80. The fraction of sp³-hybridized carbons (Fsp3) is 0.571. The maximum Gasteiger partial charge on any atom is 0.122 e. The normalized spacial score (nSPS) is 18.0. The summed E-state index contributed by atoms with van der Waals surface area (Å²) in [7, 11) is 0. The molecular formula is C14H21N3S. The second-order valence-corrected chi connectivity index (χ2v) is 5.58. The van der Waals surface area contributed by atoms with Crippen LogP contribution in [0.25, 0.3) is 0 Å². The summed E-state index contributed by atoms with van der Waals surface area (Å²) < 4.78 is 0. The average molecular weight is 263 g/mol. The molecule has 0 atom stereocenters.